The Bertz CT molecular complexity index is 1040. The van der Waals surface area contributed by atoms with Crippen molar-refractivity contribution >= 4 is 16.8 Å². The molecule has 2 N–H and O–H groups in total. The summed E-state index contributed by atoms with van der Waals surface area (Å²) in [4.78, 5) is 27.7. The van der Waals surface area contributed by atoms with Gasteiger partial charge in [-0.15, -0.1) is 0 Å². The van der Waals surface area contributed by atoms with E-state index in [1.165, 1.54) is 18.4 Å². The van der Waals surface area contributed by atoms with E-state index >= 15 is 0 Å². The van der Waals surface area contributed by atoms with E-state index in [1.807, 2.05) is 43.3 Å². The molecule has 1 aliphatic carbocycles. The van der Waals surface area contributed by atoms with Crippen LogP contribution in [0.15, 0.2) is 59.4 Å². The maximum Gasteiger partial charge on any atom is 0.251 e. The van der Waals surface area contributed by atoms with Crippen molar-refractivity contribution in [3.63, 3.8) is 0 Å². The summed E-state index contributed by atoms with van der Waals surface area (Å²) in [5.41, 5.74) is 3.89. The molecule has 1 heterocycles. The monoisotopic (exact) mass is 374 g/mol. The first kappa shape index (κ1) is 18.5. The number of benzene rings is 2. The lowest BCUT2D eigenvalue weighted by Gasteiger charge is -2.16. The van der Waals surface area contributed by atoms with Gasteiger partial charge in [-0.1, -0.05) is 42.0 Å². The normalized spacial score (nSPS) is 14.8. The Labute approximate surface area is 165 Å². The van der Waals surface area contributed by atoms with Gasteiger partial charge in [-0.2, -0.15) is 0 Å². The molecule has 1 aromatic heterocycles. The van der Waals surface area contributed by atoms with Crippen molar-refractivity contribution in [1.29, 1.82) is 0 Å². The molecule has 3 aromatic rings. The molecule has 28 heavy (non-hydrogen) atoms. The molecule has 4 rings (SSSR count). The number of rotatable bonds is 7. The molecular formula is C24H26N2O2. The van der Waals surface area contributed by atoms with Gasteiger partial charge in [0.05, 0.1) is 0 Å². The van der Waals surface area contributed by atoms with Gasteiger partial charge in [-0.25, -0.2) is 0 Å². The molecule has 4 heteroatoms. The minimum absolute atomic E-state index is 0.0637. The zero-order chi connectivity index (χ0) is 19.5. The lowest BCUT2D eigenvalue weighted by atomic mass is 9.91. The van der Waals surface area contributed by atoms with Crippen LogP contribution in [0.4, 0.5) is 0 Å². The number of hydrogen-bond donors (Lipinski definition) is 2. The van der Waals surface area contributed by atoms with Crippen LogP contribution in [0.2, 0.25) is 0 Å². The topological polar surface area (TPSA) is 62.0 Å². The SMILES string of the molecule is Cc1ccc2[nH]c(=O)c(CCNC(=O)CC(c3ccccc3)C3CC3)cc2c1. The number of H-pyrrole nitrogens is 1. The lowest BCUT2D eigenvalue weighted by Crippen LogP contribution is -2.29. The van der Waals surface area contributed by atoms with E-state index < -0.39 is 0 Å². The van der Waals surface area contributed by atoms with Crippen molar-refractivity contribution in [2.75, 3.05) is 6.54 Å². The second-order valence-corrected chi connectivity index (χ2v) is 7.87. The standard InChI is InChI=1S/C24H26N2O2/c1-16-7-10-22-20(13-16)14-19(24(28)26-22)11-12-25-23(27)15-21(18-8-9-18)17-5-3-2-4-6-17/h2-7,10,13-14,18,21H,8-9,11-12,15H2,1H3,(H,25,27)(H,26,28). The molecule has 4 nitrogen and oxygen atoms in total. The van der Waals surface area contributed by atoms with Crippen molar-refractivity contribution in [2.45, 2.75) is 38.5 Å². The highest BCUT2D eigenvalue weighted by atomic mass is 16.1. The molecular weight excluding hydrogens is 348 g/mol. The first-order chi connectivity index (χ1) is 13.6. The van der Waals surface area contributed by atoms with Gasteiger partial charge in [0.15, 0.2) is 0 Å². The van der Waals surface area contributed by atoms with E-state index in [-0.39, 0.29) is 11.5 Å². The van der Waals surface area contributed by atoms with Gasteiger partial charge in [0, 0.05) is 24.0 Å². The van der Waals surface area contributed by atoms with Gasteiger partial charge < -0.3 is 10.3 Å². The Morgan fingerprint density at radius 2 is 1.93 bits per heavy atom. The van der Waals surface area contributed by atoms with Gasteiger partial charge in [0.1, 0.15) is 0 Å². The van der Waals surface area contributed by atoms with E-state index in [4.69, 9.17) is 0 Å². The summed E-state index contributed by atoms with van der Waals surface area (Å²) in [5.74, 6) is 0.988. The number of carbonyl (C=O) groups excluding carboxylic acids is 1. The minimum atomic E-state index is -0.0780. The van der Waals surface area contributed by atoms with Crippen LogP contribution in [-0.4, -0.2) is 17.4 Å². The Morgan fingerprint density at radius 3 is 2.68 bits per heavy atom. The van der Waals surface area contributed by atoms with Crippen molar-refractivity contribution in [3.8, 4) is 0 Å². The number of nitrogens with one attached hydrogen (secondary N) is 2. The number of aromatic amines is 1. The molecule has 0 spiro atoms. The summed E-state index contributed by atoms with van der Waals surface area (Å²) >= 11 is 0. The van der Waals surface area contributed by atoms with Crippen LogP contribution in [0.5, 0.6) is 0 Å². The number of aryl methyl sites for hydroxylation is 1. The molecule has 1 atom stereocenters. The molecule has 0 aliphatic heterocycles. The molecule has 0 bridgehead atoms. The van der Waals surface area contributed by atoms with Crippen LogP contribution >= 0.6 is 0 Å². The van der Waals surface area contributed by atoms with Gasteiger partial charge in [-0.3, -0.25) is 9.59 Å². The van der Waals surface area contributed by atoms with Crippen LogP contribution in [0.25, 0.3) is 10.9 Å². The predicted molar refractivity (Wildman–Crippen MR) is 113 cm³/mol. The second-order valence-electron chi connectivity index (χ2n) is 7.87. The first-order valence-corrected chi connectivity index (χ1v) is 10.0. The summed E-state index contributed by atoms with van der Waals surface area (Å²) in [6.45, 7) is 2.51. The average molecular weight is 374 g/mol. The zero-order valence-electron chi connectivity index (χ0n) is 16.2. The van der Waals surface area contributed by atoms with Crippen LogP contribution in [0, 0.1) is 12.8 Å². The molecule has 1 unspecified atom stereocenters. The third-order valence-electron chi connectivity index (χ3n) is 5.62. The number of fused-ring (bicyclic) bond motifs is 1. The lowest BCUT2D eigenvalue weighted by molar-refractivity contribution is -0.121. The molecule has 144 valence electrons. The number of pyridine rings is 1. The second kappa shape index (κ2) is 8.01. The zero-order valence-corrected chi connectivity index (χ0v) is 16.2. The van der Waals surface area contributed by atoms with E-state index in [9.17, 15) is 9.59 Å². The highest BCUT2D eigenvalue weighted by Crippen LogP contribution is 2.44. The summed E-state index contributed by atoms with van der Waals surface area (Å²) in [6.07, 6.45) is 3.46. The Kier molecular flexibility index (Phi) is 5.29. The molecule has 0 radical (unpaired) electrons. The first-order valence-electron chi connectivity index (χ1n) is 10.0. The number of amides is 1. The van der Waals surface area contributed by atoms with Gasteiger partial charge in [0.2, 0.25) is 5.91 Å². The van der Waals surface area contributed by atoms with E-state index in [2.05, 4.69) is 28.5 Å². The fourth-order valence-electron chi connectivity index (χ4n) is 3.92. The Hall–Kier alpha value is -2.88. The highest BCUT2D eigenvalue weighted by Gasteiger charge is 2.33. The van der Waals surface area contributed by atoms with E-state index in [0.29, 0.717) is 36.8 Å². The Morgan fingerprint density at radius 1 is 1.14 bits per heavy atom. The van der Waals surface area contributed by atoms with Crippen molar-refractivity contribution in [3.05, 3.63) is 81.6 Å². The third kappa shape index (κ3) is 4.33. The quantitative estimate of drug-likeness (QED) is 0.655. The largest absolute Gasteiger partial charge is 0.356 e. The number of carbonyl (C=O) groups is 1. The fraction of sp³-hybridized carbons (Fsp3) is 0.333. The van der Waals surface area contributed by atoms with Crippen LogP contribution < -0.4 is 10.9 Å². The Balaban J connectivity index is 1.37. The van der Waals surface area contributed by atoms with Gasteiger partial charge in [-0.05, 0) is 67.2 Å². The van der Waals surface area contributed by atoms with Crippen LogP contribution in [0.3, 0.4) is 0 Å². The summed E-state index contributed by atoms with van der Waals surface area (Å²) in [5, 5.41) is 4.04. The van der Waals surface area contributed by atoms with Crippen molar-refractivity contribution in [1.82, 2.24) is 10.3 Å². The minimum Gasteiger partial charge on any atom is -0.356 e. The van der Waals surface area contributed by atoms with E-state index in [1.54, 1.807) is 0 Å². The third-order valence-corrected chi connectivity index (χ3v) is 5.62. The van der Waals surface area contributed by atoms with Gasteiger partial charge >= 0.3 is 0 Å². The fourth-order valence-corrected chi connectivity index (χ4v) is 3.92. The van der Waals surface area contributed by atoms with Crippen molar-refractivity contribution < 1.29 is 4.79 Å². The smallest absolute Gasteiger partial charge is 0.251 e. The van der Waals surface area contributed by atoms with E-state index in [0.717, 1.165) is 16.5 Å². The average Bonchev–Trinajstić information content (AvgIpc) is 3.52. The summed E-state index contributed by atoms with van der Waals surface area (Å²) < 4.78 is 0. The maximum absolute atomic E-state index is 12.5. The molecule has 1 amide bonds. The summed E-state index contributed by atoms with van der Waals surface area (Å²) in [7, 11) is 0. The molecule has 1 aliphatic rings. The van der Waals surface area contributed by atoms with Crippen LogP contribution in [0.1, 0.15) is 41.9 Å². The molecule has 0 saturated heterocycles. The maximum atomic E-state index is 12.5. The van der Waals surface area contributed by atoms with Gasteiger partial charge in [0.25, 0.3) is 5.56 Å². The molecule has 2 aromatic carbocycles. The highest BCUT2D eigenvalue weighted by molar-refractivity contribution is 5.80. The number of aromatic nitrogens is 1. The molecule has 1 saturated carbocycles. The summed E-state index contributed by atoms with van der Waals surface area (Å²) in [6, 6.07) is 18.2. The predicted octanol–water partition coefficient (Wildman–Crippen LogP) is 4.08. The number of hydrogen-bond acceptors (Lipinski definition) is 2. The van der Waals surface area contributed by atoms with Crippen LogP contribution in [-0.2, 0) is 11.2 Å². The molecule has 1 fully saturated rings. The van der Waals surface area contributed by atoms with Crippen molar-refractivity contribution in [2.24, 2.45) is 5.92 Å².